The van der Waals surface area contributed by atoms with Gasteiger partial charge in [-0.15, -0.1) is 0 Å². The lowest BCUT2D eigenvalue weighted by Gasteiger charge is -2.17. The van der Waals surface area contributed by atoms with Gasteiger partial charge in [-0.2, -0.15) is 0 Å². The second kappa shape index (κ2) is 3.64. The van der Waals surface area contributed by atoms with Crippen molar-refractivity contribution in [3.8, 4) is 0 Å². The fourth-order valence-electron chi connectivity index (χ4n) is 1.93. The standard InChI is InChI=1S/C12H11N3S/c16-12-13-6-5-11(15-12)9-7-14-10-4-2-1-3-8(9)10/h1-5,7,14H,6H2,(H2,13,15,16). The van der Waals surface area contributed by atoms with Crippen LogP contribution in [0, 0.1) is 0 Å². The van der Waals surface area contributed by atoms with Crippen LogP contribution in [0.15, 0.2) is 36.5 Å². The Morgan fingerprint density at radius 2 is 2.06 bits per heavy atom. The molecule has 0 saturated heterocycles. The normalized spacial score (nSPS) is 15.5. The summed E-state index contributed by atoms with van der Waals surface area (Å²) >= 11 is 5.11. The third kappa shape index (κ3) is 1.47. The van der Waals surface area contributed by atoms with Crippen LogP contribution in [0.4, 0.5) is 0 Å². The van der Waals surface area contributed by atoms with E-state index in [0.717, 1.165) is 17.8 Å². The smallest absolute Gasteiger partial charge is 0.171 e. The number of aromatic amines is 1. The van der Waals surface area contributed by atoms with E-state index in [-0.39, 0.29) is 0 Å². The summed E-state index contributed by atoms with van der Waals surface area (Å²) < 4.78 is 0. The zero-order chi connectivity index (χ0) is 11.0. The predicted octanol–water partition coefficient (Wildman–Crippen LogP) is 1.99. The lowest BCUT2D eigenvalue weighted by Crippen LogP contribution is -2.38. The van der Waals surface area contributed by atoms with Gasteiger partial charge in [-0.25, -0.2) is 0 Å². The Kier molecular flexibility index (Phi) is 2.15. The first-order valence-corrected chi connectivity index (χ1v) is 5.57. The third-order valence-electron chi connectivity index (χ3n) is 2.70. The van der Waals surface area contributed by atoms with Crippen LogP contribution in [0.2, 0.25) is 0 Å². The first-order valence-electron chi connectivity index (χ1n) is 5.16. The summed E-state index contributed by atoms with van der Waals surface area (Å²) in [6.45, 7) is 0.778. The SMILES string of the molecule is S=C1NCC=C(c2c[nH]c3ccccc23)N1. The summed E-state index contributed by atoms with van der Waals surface area (Å²) in [7, 11) is 0. The van der Waals surface area contributed by atoms with Crippen molar-refractivity contribution in [1.29, 1.82) is 0 Å². The molecule has 1 aliphatic rings. The topological polar surface area (TPSA) is 39.9 Å². The van der Waals surface area contributed by atoms with Crippen molar-refractivity contribution in [2.45, 2.75) is 0 Å². The quantitative estimate of drug-likeness (QED) is 0.655. The van der Waals surface area contributed by atoms with E-state index in [4.69, 9.17) is 12.2 Å². The maximum absolute atomic E-state index is 5.11. The largest absolute Gasteiger partial charge is 0.360 e. The Bertz CT molecular complexity index is 583. The summed E-state index contributed by atoms with van der Waals surface area (Å²) in [5, 5.41) is 8.13. The van der Waals surface area contributed by atoms with Crippen LogP contribution in [0.5, 0.6) is 0 Å². The molecule has 1 aliphatic heterocycles. The number of thiocarbonyl (C=S) groups is 1. The van der Waals surface area contributed by atoms with Gasteiger partial charge >= 0.3 is 0 Å². The molecule has 0 bridgehead atoms. The monoisotopic (exact) mass is 229 g/mol. The average Bonchev–Trinajstić information content (AvgIpc) is 2.72. The predicted molar refractivity (Wildman–Crippen MR) is 70.0 cm³/mol. The van der Waals surface area contributed by atoms with E-state index in [9.17, 15) is 0 Å². The summed E-state index contributed by atoms with van der Waals surface area (Å²) in [4.78, 5) is 3.26. The molecule has 0 saturated carbocycles. The summed E-state index contributed by atoms with van der Waals surface area (Å²) in [5.41, 5.74) is 3.38. The molecule has 0 atom stereocenters. The van der Waals surface area contributed by atoms with Gasteiger partial charge in [0.25, 0.3) is 0 Å². The third-order valence-corrected chi connectivity index (χ3v) is 2.94. The van der Waals surface area contributed by atoms with E-state index in [1.807, 2.05) is 18.3 Å². The molecular formula is C12H11N3S. The van der Waals surface area contributed by atoms with Crippen molar-refractivity contribution < 1.29 is 0 Å². The van der Waals surface area contributed by atoms with Crippen LogP contribution in [-0.2, 0) is 0 Å². The molecule has 0 unspecified atom stereocenters. The highest BCUT2D eigenvalue weighted by Gasteiger charge is 2.11. The highest BCUT2D eigenvalue weighted by molar-refractivity contribution is 7.80. The van der Waals surface area contributed by atoms with E-state index >= 15 is 0 Å². The van der Waals surface area contributed by atoms with Gasteiger partial charge in [0.1, 0.15) is 0 Å². The van der Waals surface area contributed by atoms with Gasteiger partial charge in [0.2, 0.25) is 0 Å². The van der Waals surface area contributed by atoms with Crippen molar-refractivity contribution in [2.24, 2.45) is 0 Å². The molecule has 0 radical (unpaired) electrons. The number of rotatable bonds is 1. The maximum Gasteiger partial charge on any atom is 0.171 e. The number of para-hydroxylation sites is 1. The Morgan fingerprint density at radius 3 is 2.94 bits per heavy atom. The van der Waals surface area contributed by atoms with Crippen LogP contribution in [0.3, 0.4) is 0 Å². The molecule has 0 aliphatic carbocycles. The number of aromatic nitrogens is 1. The van der Waals surface area contributed by atoms with Crippen LogP contribution >= 0.6 is 12.2 Å². The summed E-state index contributed by atoms with van der Waals surface area (Å²) in [6, 6.07) is 8.24. The van der Waals surface area contributed by atoms with Crippen molar-refractivity contribution in [1.82, 2.24) is 15.6 Å². The Labute approximate surface area is 98.5 Å². The molecule has 3 nitrogen and oxygen atoms in total. The van der Waals surface area contributed by atoms with Gasteiger partial charge in [-0.05, 0) is 24.4 Å². The van der Waals surface area contributed by atoms with Crippen LogP contribution in [-0.4, -0.2) is 16.6 Å². The molecule has 0 amide bonds. The van der Waals surface area contributed by atoms with E-state index < -0.39 is 0 Å². The van der Waals surface area contributed by atoms with E-state index in [2.05, 4.69) is 33.8 Å². The van der Waals surface area contributed by atoms with Crippen LogP contribution < -0.4 is 10.6 Å². The minimum absolute atomic E-state index is 0.683. The van der Waals surface area contributed by atoms with Gasteiger partial charge < -0.3 is 15.6 Å². The average molecular weight is 229 g/mol. The highest BCUT2D eigenvalue weighted by Crippen LogP contribution is 2.23. The highest BCUT2D eigenvalue weighted by atomic mass is 32.1. The molecule has 3 rings (SSSR count). The number of hydrogen-bond acceptors (Lipinski definition) is 1. The molecular weight excluding hydrogens is 218 g/mol. The minimum Gasteiger partial charge on any atom is -0.360 e. The number of H-pyrrole nitrogens is 1. The maximum atomic E-state index is 5.11. The molecule has 3 N–H and O–H groups in total. The van der Waals surface area contributed by atoms with Gasteiger partial charge in [0, 0.05) is 34.9 Å². The fraction of sp³-hybridized carbons (Fsp3) is 0.0833. The molecule has 2 heterocycles. The fourth-order valence-corrected chi connectivity index (χ4v) is 2.13. The van der Waals surface area contributed by atoms with Gasteiger partial charge in [-0.1, -0.05) is 18.2 Å². The first kappa shape index (κ1) is 9.42. The number of hydrogen-bond donors (Lipinski definition) is 3. The Balaban J connectivity index is 2.12. The van der Waals surface area contributed by atoms with Crippen molar-refractivity contribution in [3.63, 3.8) is 0 Å². The Hall–Kier alpha value is -1.81. The number of benzene rings is 1. The number of fused-ring (bicyclic) bond motifs is 1. The zero-order valence-electron chi connectivity index (χ0n) is 8.58. The van der Waals surface area contributed by atoms with Crippen LogP contribution in [0.25, 0.3) is 16.6 Å². The second-order valence-corrected chi connectivity index (χ2v) is 4.11. The summed E-state index contributed by atoms with van der Waals surface area (Å²) in [5.74, 6) is 0. The molecule has 16 heavy (non-hydrogen) atoms. The Morgan fingerprint density at radius 1 is 1.19 bits per heavy atom. The molecule has 2 aromatic rings. The van der Waals surface area contributed by atoms with Gasteiger partial charge in [0.05, 0.1) is 0 Å². The van der Waals surface area contributed by atoms with E-state index in [1.54, 1.807) is 0 Å². The number of nitrogens with one attached hydrogen (secondary N) is 3. The molecule has 0 spiro atoms. The lowest BCUT2D eigenvalue weighted by molar-refractivity contribution is 0.980. The summed E-state index contributed by atoms with van der Waals surface area (Å²) in [6.07, 6.45) is 4.11. The molecule has 1 aromatic carbocycles. The van der Waals surface area contributed by atoms with Gasteiger partial charge in [-0.3, -0.25) is 0 Å². The zero-order valence-corrected chi connectivity index (χ0v) is 9.40. The molecule has 0 fully saturated rings. The lowest BCUT2D eigenvalue weighted by atomic mass is 10.1. The van der Waals surface area contributed by atoms with Crippen molar-refractivity contribution >= 4 is 33.9 Å². The van der Waals surface area contributed by atoms with Gasteiger partial charge in [0.15, 0.2) is 5.11 Å². The van der Waals surface area contributed by atoms with Crippen molar-refractivity contribution in [2.75, 3.05) is 6.54 Å². The molecule has 4 heteroatoms. The van der Waals surface area contributed by atoms with E-state index in [1.165, 1.54) is 10.9 Å². The van der Waals surface area contributed by atoms with E-state index in [0.29, 0.717) is 5.11 Å². The van der Waals surface area contributed by atoms with Crippen molar-refractivity contribution in [3.05, 3.63) is 42.1 Å². The molecule has 80 valence electrons. The van der Waals surface area contributed by atoms with Crippen LogP contribution in [0.1, 0.15) is 5.56 Å². The second-order valence-electron chi connectivity index (χ2n) is 3.70. The minimum atomic E-state index is 0.683. The first-order chi connectivity index (χ1) is 7.84. The molecule has 1 aromatic heterocycles.